The second-order valence-corrected chi connectivity index (χ2v) is 11.6. The molecule has 0 aromatic heterocycles. The fourth-order valence-corrected chi connectivity index (χ4v) is 8.02. The van der Waals surface area contributed by atoms with Gasteiger partial charge in [-0.3, -0.25) is 14.5 Å². The molecule has 5 unspecified atom stereocenters. The first kappa shape index (κ1) is 24.8. The zero-order chi connectivity index (χ0) is 25.3. The molecule has 9 heteroatoms. The molecule has 4 fully saturated rings. The van der Waals surface area contributed by atoms with E-state index in [0.717, 1.165) is 31.1 Å². The van der Waals surface area contributed by atoms with Crippen molar-refractivity contribution in [3.05, 3.63) is 24.3 Å². The van der Waals surface area contributed by atoms with Crippen LogP contribution < -0.4 is 15.4 Å². The Morgan fingerprint density at radius 3 is 2.86 bits per heavy atom. The minimum Gasteiger partial charge on any atom is -0.492 e. The van der Waals surface area contributed by atoms with Gasteiger partial charge in [0.05, 0.1) is 30.5 Å². The maximum atomic E-state index is 13.5. The SMILES string of the molecule is C#CCNC(=O)C1C(C#N)C12SC1(CC1Nc1cccc(OCCN3CCCCC3)c1)C(=O)N2CC. The van der Waals surface area contributed by atoms with E-state index in [9.17, 15) is 14.9 Å². The Kier molecular flexibility index (Phi) is 6.80. The smallest absolute Gasteiger partial charge is 0.242 e. The van der Waals surface area contributed by atoms with E-state index in [1.54, 1.807) is 4.90 Å². The summed E-state index contributed by atoms with van der Waals surface area (Å²) >= 11 is 1.49. The molecule has 0 radical (unpaired) electrons. The van der Waals surface area contributed by atoms with Gasteiger partial charge in [0.25, 0.3) is 0 Å². The van der Waals surface area contributed by atoms with Crippen molar-refractivity contribution in [2.24, 2.45) is 11.8 Å². The third-order valence-corrected chi connectivity index (χ3v) is 9.85. The van der Waals surface area contributed by atoms with Gasteiger partial charge < -0.3 is 20.3 Å². The van der Waals surface area contributed by atoms with Crippen LogP contribution >= 0.6 is 11.8 Å². The lowest BCUT2D eigenvalue weighted by atomic mass is 10.1. The van der Waals surface area contributed by atoms with Crippen LogP contribution in [0.25, 0.3) is 0 Å². The molecule has 8 nitrogen and oxygen atoms in total. The van der Waals surface area contributed by atoms with Gasteiger partial charge >= 0.3 is 0 Å². The molecule has 2 saturated carbocycles. The van der Waals surface area contributed by atoms with Gasteiger partial charge in [-0.1, -0.05) is 18.4 Å². The van der Waals surface area contributed by atoms with Crippen LogP contribution in [0.3, 0.4) is 0 Å². The number of amides is 2. The molecule has 0 bridgehead atoms. The summed E-state index contributed by atoms with van der Waals surface area (Å²) in [7, 11) is 0. The average Bonchev–Trinajstić information content (AvgIpc) is 3.74. The quantitative estimate of drug-likeness (QED) is 0.495. The van der Waals surface area contributed by atoms with E-state index >= 15 is 0 Å². The van der Waals surface area contributed by atoms with Gasteiger partial charge in [-0.2, -0.15) is 5.26 Å². The number of thioether (sulfide) groups is 1. The fraction of sp³-hybridized carbons (Fsp3) is 0.593. The average molecular weight is 508 g/mol. The summed E-state index contributed by atoms with van der Waals surface area (Å²) in [4.78, 5) is 29.7. The predicted molar refractivity (Wildman–Crippen MR) is 139 cm³/mol. The molecule has 190 valence electrons. The molecule has 2 amide bonds. The Balaban J connectivity index is 1.23. The Morgan fingerprint density at radius 2 is 2.14 bits per heavy atom. The first-order valence-corrected chi connectivity index (χ1v) is 13.7. The minimum atomic E-state index is -0.810. The van der Waals surface area contributed by atoms with Crippen LogP contribution in [0.4, 0.5) is 5.69 Å². The summed E-state index contributed by atoms with van der Waals surface area (Å²) < 4.78 is 5.36. The molecule has 2 aliphatic heterocycles. The number of hydrogen-bond acceptors (Lipinski definition) is 7. The van der Waals surface area contributed by atoms with Gasteiger partial charge in [-0.05, 0) is 51.4 Å². The van der Waals surface area contributed by atoms with E-state index < -0.39 is 21.5 Å². The molecule has 4 aliphatic rings. The number of nitriles is 1. The van der Waals surface area contributed by atoms with E-state index in [1.807, 2.05) is 31.2 Å². The molecule has 36 heavy (non-hydrogen) atoms. The Labute approximate surface area is 217 Å². The van der Waals surface area contributed by atoms with Crippen LogP contribution in [0.2, 0.25) is 0 Å². The third kappa shape index (κ3) is 4.19. The van der Waals surface area contributed by atoms with E-state index in [1.165, 1.54) is 31.0 Å². The van der Waals surface area contributed by atoms with Gasteiger partial charge in [0, 0.05) is 24.8 Å². The zero-order valence-corrected chi connectivity index (χ0v) is 21.5. The lowest BCUT2D eigenvalue weighted by molar-refractivity contribution is -0.131. The van der Waals surface area contributed by atoms with Crippen molar-refractivity contribution in [2.75, 3.05) is 44.6 Å². The number of ether oxygens (including phenoxy) is 1. The number of hydrogen-bond donors (Lipinski definition) is 2. The van der Waals surface area contributed by atoms with Crippen molar-refractivity contribution in [3.63, 3.8) is 0 Å². The molecule has 2 spiro atoms. The van der Waals surface area contributed by atoms with Gasteiger partial charge in [0.1, 0.15) is 22.0 Å². The summed E-state index contributed by atoms with van der Waals surface area (Å²) in [6.45, 7) is 6.35. The maximum Gasteiger partial charge on any atom is 0.242 e. The van der Waals surface area contributed by atoms with Crippen LogP contribution in [0, 0.1) is 35.5 Å². The number of terminal acetylenes is 1. The molecular weight excluding hydrogens is 474 g/mol. The van der Waals surface area contributed by atoms with Gasteiger partial charge in [-0.15, -0.1) is 18.2 Å². The lowest BCUT2D eigenvalue weighted by Crippen LogP contribution is -2.40. The van der Waals surface area contributed by atoms with Crippen LogP contribution in [-0.2, 0) is 9.59 Å². The monoisotopic (exact) mass is 507 g/mol. The second-order valence-electron chi connectivity index (χ2n) is 9.98. The van der Waals surface area contributed by atoms with Gasteiger partial charge in [-0.25, -0.2) is 0 Å². The topological polar surface area (TPSA) is 97.7 Å². The Bertz CT molecular complexity index is 1110. The van der Waals surface area contributed by atoms with E-state index in [4.69, 9.17) is 11.2 Å². The summed E-state index contributed by atoms with van der Waals surface area (Å²) in [5.41, 5.74) is 0.903. The van der Waals surface area contributed by atoms with Crippen molar-refractivity contribution < 1.29 is 14.3 Å². The van der Waals surface area contributed by atoms with Crippen molar-refractivity contribution >= 4 is 29.3 Å². The number of benzene rings is 1. The van der Waals surface area contributed by atoms with Crippen molar-refractivity contribution in [2.45, 2.75) is 48.3 Å². The first-order chi connectivity index (χ1) is 17.5. The zero-order valence-electron chi connectivity index (χ0n) is 20.7. The van der Waals surface area contributed by atoms with E-state index in [0.29, 0.717) is 19.6 Å². The summed E-state index contributed by atoms with van der Waals surface area (Å²) in [6.07, 6.45) is 9.79. The van der Waals surface area contributed by atoms with Crippen LogP contribution in [-0.4, -0.2) is 76.6 Å². The molecule has 2 N–H and O–H groups in total. The summed E-state index contributed by atoms with van der Waals surface area (Å²) in [5.74, 6) is 1.85. The number of nitrogens with one attached hydrogen (secondary N) is 2. The number of anilines is 1. The van der Waals surface area contributed by atoms with E-state index in [2.05, 4.69) is 27.5 Å². The minimum absolute atomic E-state index is 0.00827. The second kappa shape index (κ2) is 9.88. The largest absolute Gasteiger partial charge is 0.492 e. The maximum absolute atomic E-state index is 13.5. The molecule has 5 rings (SSSR count). The molecule has 1 aromatic carbocycles. The normalized spacial score (nSPS) is 32.7. The standard InChI is InChI=1S/C27H33N5O3S/c1-3-11-29-24(33)23-21(18-28)27(23)32(4-2)25(34)26(36-27)17-22(26)30-19-9-8-10-20(16-19)35-15-14-31-12-6-5-7-13-31/h1,8-10,16,21-23,30H,4-7,11-15,17H2,2H3,(H,29,33). The molecule has 2 aliphatic carbocycles. The van der Waals surface area contributed by atoms with Gasteiger partial charge in [0.2, 0.25) is 11.8 Å². The number of nitrogens with zero attached hydrogens (tertiary/aromatic N) is 3. The Morgan fingerprint density at radius 1 is 1.33 bits per heavy atom. The number of piperidine rings is 1. The number of likely N-dealkylation sites (tertiary alicyclic amines) is 1. The Hall–Kier alpha value is -2.88. The summed E-state index contributed by atoms with van der Waals surface area (Å²) in [6, 6.07) is 10.1. The van der Waals surface area contributed by atoms with Crippen molar-refractivity contribution in [3.8, 4) is 24.2 Å². The van der Waals surface area contributed by atoms with E-state index in [-0.39, 0.29) is 24.4 Å². The molecule has 2 heterocycles. The molecule has 5 atom stereocenters. The highest BCUT2D eigenvalue weighted by atomic mass is 32.2. The highest BCUT2D eigenvalue weighted by Crippen LogP contribution is 2.74. The van der Waals surface area contributed by atoms with Crippen LogP contribution in [0.5, 0.6) is 5.75 Å². The van der Waals surface area contributed by atoms with Crippen molar-refractivity contribution in [1.29, 1.82) is 5.26 Å². The summed E-state index contributed by atoms with van der Waals surface area (Å²) in [5, 5.41) is 16.0. The fourth-order valence-electron chi connectivity index (χ4n) is 5.85. The third-order valence-electron chi connectivity index (χ3n) is 7.80. The number of carbonyl (C=O) groups is 2. The van der Waals surface area contributed by atoms with Crippen molar-refractivity contribution in [1.82, 2.24) is 15.1 Å². The molecular formula is C27H33N5O3S. The van der Waals surface area contributed by atoms with Gasteiger partial charge in [0.15, 0.2) is 0 Å². The lowest BCUT2D eigenvalue weighted by Gasteiger charge is -2.26. The highest BCUT2D eigenvalue weighted by molar-refractivity contribution is 8.04. The predicted octanol–water partition coefficient (Wildman–Crippen LogP) is 2.28. The molecule has 2 saturated heterocycles. The van der Waals surface area contributed by atoms with Crippen LogP contribution in [0.1, 0.15) is 32.6 Å². The number of carbonyl (C=O) groups excluding carboxylic acids is 2. The van der Waals surface area contributed by atoms with Crippen LogP contribution in [0.15, 0.2) is 24.3 Å². The number of rotatable bonds is 9. The highest BCUT2D eigenvalue weighted by Gasteiger charge is 2.84. The first-order valence-electron chi connectivity index (χ1n) is 12.8. The molecule has 1 aromatic rings.